The van der Waals surface area contributed by atoms with Crippen molar-refractivity contribution in [1.82, 2.24) is 0 Å². The van der Waals surface area contributed by atoms with Crippen molar-refractivity contribution in [3.8, 4) is 0 Å². The standard InChI is InChI=1S/C25H39NO5S.CH5N/c1-7-29-21(27)16-32-17-23(2,3)12-9-13-25(6,22(26)28)19-11-8-10-18(14-19)20-15-30-24(4,5)31-20;1-2/h8,10-11,14,20H,7,9,12-13,15-17H2,1-6H3,(H2,26,28);2H2,1H3. The van der Waals surface area contributed by atoms with Crippen molar-refractivity contribution in [3.05, 3.63) is 35.4 Å². The van der Waals surface area contributed by atoms with E-state index in [0.29, 0.717) is 25.4 Å². The molecule has 1 aromatic carbocycles. The molecule has 0 aliphatic carbocycles. The minimum atomic E-state index is -0.765. The molecule has 0 saturated carbocycles. The molecule has 1 aromatic rings. The number of esters is 1. The van der Waals surface area contributed by atoms with Crippen molar-refractivity contribution < 1.29 is 23.8 Å². The Balaban J connectivity index is 0.00000281. The molecule has 1 amide bonds. The highest BCUT2D eigenvalue weighted by atomic mass is 32.2. The second-order valence-electron chi connectivity index (χ2n) is 9.95. The van der Waals surface area contributed by atoms with Crippen molar-refractivity contribution in [2.24, 2.45) is 16.9 Å². The average molecular weight is 497 g/mol. The van der Waals surface area contributed by atoms with Crippen LogP contribution >= 0.6 is 11.8 Å². The molecule has 1 fully saturated rings. The second-order valence-corrected chi connectivity index (χ2v) is 10.9. The highest BCUT2D eigenvalue weighted by Gasteiger charge is 2.36. The number of ether oxygens (including phenoxy) is 3. The van der Waals surface area contributed by atoms with E-state index >= 15 is 0 Å². The fraction of sp³-hybridized carbons (Fsp3) is 0.692. The van der Waals surface area contributed by atoms with E-state index in [1.54, 1.807) is 11.8 Å². The van der Waals surface area contributed by atoms with E-state index < -0.39 is 11.2 Å². The average Bonchev–Trinajstić information content (AvgIpc) is 3.14. The number of carbonyl (C=O) groups excluding carboxylic acids is 2. The number of primary amides is 1. The van der Waals surface area contributed by atoms with Gasteiger partial charge in [0.1, 0.15) is 6.10 Å². The van der Waals surface area contributed by atoms with Gasteiger partial charge in [-0.3, -0.25) is 9.59 Å². The van der Waals surface area contributed by atoms with E-state index in [2.05, 4.69) is 19.6 Å². The van der Waals surface area contributed by atoms with E-state index in [4.69, 9.17) is 19.9 Å². The predicted molar refractivity (Wildman–Crippen MR) is 139 cm³/mol. The van der Waals surface area contributed by atoms with Gasteiger partial charge in [-0.1, -0.05) is 44.5 Å². The third-order valence-corrected chi connectivity index (χ3v) is 7.42. The summed E-state index contributed by atoms with van der Waals surface area (Å²) in [5, 5.41) is 0. The molecule has 1 aliphatic heterocycles. The number of carbonyl (C=O) groups is 2. The first-order chi connectivity index (χ1) is 15.9. The van der Waals surface area contributed by atoms with Gasteiger partial charge in [-0.25, -0.2) is 0 Å². The summed E-state index contributed by atoms with van der Waals surface area (Å²) < 4.78 is 16.7. The molecule has 0 radical (unpaired) electrons. The van der Waals surface area contributed by atoms with Crippen LogP contribution in [0.2, 0.25) is 0 Å². The predicted octanol–water partition coefficient (Wildman–Crippen LogP) is 4.32. The molecule has 0 spiro atoms. The number of hydrogen-bond acceptors (Lipinski definition) is 7. The van der Waals surface area contributed by atoms with Crippen LogP contribution in [0.1, 0.15) is 78.0 Å². The van der Waals surface area contributed by atoms with Crippen LogP contribution in [-0.2, 0) is 29.2 Å². The van der Waals surface area contributed by atoms with Gasteiger partial charge in [-0.15, -0.1) is 11.8 Å². The molecule has 194 valence electrons. The molecule has 2 rings (SSSR count). The van der Waals surface area contributed by atoms with Crippen LogP contribution in [0.4, 0.5) is 0 Å². The van der Waals surface area contributed by atoms with Crippen molar-refractivity contribution in [3.63, 3.8) is 0 Å². The lowest BCUT2D eigenvalue weighted by Gasteiger charge is -2.30. The minimum Gasteiger partial charge on any atom is -0.465 e. The van der Waals surface area contributed by atoms with E-state index in [-0.39, 0.29) is 23.4 Å². The molecule has 34 heavy (non-hydrogen) atoms. The summed E-state index contributed by atoms with van der Waals surface area (Å²) in [5.41, 5.74) is 11.6. The fourth-order valence-corrected chi connectivity index (χ4v) is 5.00. The number of benzene rings is 1. The van der Waals surface area contributed by atoms with Crippen LogP contribution in [0.5, 0.6) is 0 Å². The largest absolute Gasteiger partial charge is 0.465 e. The maximum Gasteiger partial charge on any atom is 0.315 e. The molecule has 1 heterocycles. The summed E-state index contributed by atoms with van der Waals surface area (Å²) in [5.74, 6) is 0.114. The zero-order valence-electron chi connectivity index (χ0n) is 21.9. The van der Waals surface area contributed by atoms with Gasteiger partial charge in [-0.05, 0) is 69.9 Å². The van der Waals surface area contributed by atoms with Gasteiger partial charge in [0.2, 0.25) is 5.91 Å². The summed E-state index contributed by atoms with van der Waals surface area (Å²) in [6, 6.07) is 7.96. The van der Waals surface area contributed by atoms with E-state index in [9.17, 15) is 9.59 Å². The Labute approximate surface area is 209 Å². The van der Waals surface area contributed by atoms with Crippen LogP contribution in [0.15, 0.2) is 24.3 Å². The van der Waals surface area contributed by atoms with E-state index in [1.807, 2.05) is 52.0 Å². The van der Waals surface area contributed by atoms with Gasteiger partial charge in [0.15, 0.2) is 5.79 Å². The number of amides is 1. The van der Waals surface area contributed by atoms with Gasteiger partial charge in [0.25, 0.3) is 0 Å². The third kappa shape index (κ3) is 9.21. The third-order valence-electron chi connectivity index (χ3n) is 6.00. The van der Waals surface area contributed by atoms with Gasteiger partial charge < -0.3 is 25.7 Å². The van der Waals surface area contributed by atoms with Crippen LogP contribution in [0.25, 0.3) is 0 Å². The zero-order valence-corrected chi connectivity index (χ0v) is 22.8. The Hall–Kier alpha value is -1.61. The van der Waals surface area contributed by atoms with Crippen LogP contribution in [-0.4, -0.2) is 49.4 Å². The van der Waals surface area contributed by atoms with E-state index in [0.717, 1.165) is 29.7 Å². The number of rotatable bonds is 12. The molecule has 2 atom stereocenters. The summed E-state index contributed by atoms with van der Waals surface area (Å²) in [6.07, 6.45) is 2.29. The Morgan fingerprint density at radius 3 is 2.44 bits per heavy atom. The van der Waals surface area contributed by atoms with Crippen molar-refractivity contribution in [2.75, 3.05) is 31.8 Å². The normalized spacial score (nSPS) is 19.0. The molecular formula is C26H44N2O5S. The molecule has 0 aromatic heterocycles. The monoisotopic (exact) mass is 496 g/mol. The maximum atomic E-state index is 12.5. The topological polar surface area (TPSA) is 114 Å². The fourth-order valence-electron chi connectivity index (χ4n) is 3.95. The first-order valence-electron chi connectivity index (χ1n) is 11.9. The van der Waals surface area contributed by atoms with Gasteiger partial charge in [-0.2, -0.15) is 0 Å². The second kappa shape index (κ2) is 13.5. The Morgan fingerprint density at radius 1 is 1.21 bits per heavy atom. The van der Waals surface area contributed by atoms with Gasteiger partial charge in [0.05, 0.1) is 24.4 Å². The molecule has 8 heteroatoms. The molecule has 7 nitrogen and oxygen atoms in total. The quantitative estimate of drug-likeness (QED) is 0.414. The summed E-state index contributed by atoms with van der Waals surface area (Å²) >= 11 is 1.59. The number of hydrogen-bond donors (Lipinski definition) is 2. The van der Waals surface area contributed by atoms with Crippen molar-refractivity contribution >= 4 is 23.6 Å². The summed E-state index contributed by atoms with van der Waals surface area (Å²) in [7, 11) is 1.50. The van der Waals surface area contributed by atoms with Crippen molar-refractivity contribution in [2.45, 2.75) is 78.1 Å². The first-order valence-corrected chi connectivity index (χ1v) is 13.1. The molecular weight excluding hydrogens is 452 g/mol. The SMILES string of the molecule is CCOC(=O)CSCC(C)(C)CCCC(C)(C(N)=O)c1cccc(C2COC(C)(C)O2)c1.CN. The molecule has 2 unspecified atom stereocenters. The van der Waals surface area contributed by atoms with Gasteiger partial charge in [0, 0.05) is 0 Å². The molecule has 1 aliphatic rings. The summed E-state index contributed by atoms with van der Waals surface area (Å²) in [6.45, 7) is 12.8. The van der Waals surface area contributed by atoms with Crippen LogP contribution in [0.3, 0.4) is 0 Å². The van der Waals surface area contributed by atoms with Crippen LogP contribution < -0.4 is 11.5 Å². The minimum absolute atomic E-state index is 0.0399. The molecule has 1 saturated heterocycles. The lowest BCUT2D eigenvalue weighted by molar-refractivity contribution is -0.140. The molecule has 4 N–H and O–H groups in total. The number of nitrogens with two attached hydrogens (primary N) is 2. The Kier molecular flexibility index (Phi) is 12.1. The number of thioether (sulfide) groups is 1. The maximum absolute atomic E-state index is 12.5. The van der Waals surface area contributed by atoms with Crippen molar-refractivity contribution in [1.29, 1.82) is 0 Å². The molecule has 0 bridgehead atoms. The smallest absolute Gasteiger partial charge is 0.315 e. The van der Waals surface area contributed by atoms with Gasteiger partial charge >= 0.3 is 5.97 Å². The first kappa shape index (κ1) is 30.4. The Morgan fingerprint density at radius 2 is 1.88 bits per heavy atom. The Bertz CT molecular complexity index is 799. The summed E-state index contributed by atoms with van der Waals surface area (Å²) in [4.78, 5) is 24.1. The van der Waals surface area contributed by atoms with Crippen LogP contribution in [0, 0.1) is 5.41 Å². The lowest BCUT2D eigenvalue weighted by atomic mass is 9.75. The van der Waals surface area contributed by atoms with E-state index in [1.165, 1.54) is 7.05 Å². The zero-order chi connectivity index (χ0) is 26.0. The lowest BCUT2D eigenvalue weighted by Crippen LogP contribution is -2.39. The highest BCUT2D eigenvalue weighted by molar-refractivity contribution is 7.99. The highest BCUT2D eigenvalue weighted by Crippen LogP contribution is 2.37.